The second-order valence-corrected chi connectivity index (χ2v) is 6.19. The highest BCUT2D eigenvalue weighted by molar-refractivity contribution is 6.30. The second kappa shape index (κ2) is 5.50. The van der Waals surface area contributed by atoms with Crippen molar-refractivity contribution in [1.29, 1.82) is 0 Å². The summed E-state index contributed by atoms with van der Waals surface area (Å²) >= 11 is 5.99. The molecule has 0 amide bonds. The van der Waals surface area contributed by atoms with Crippen LogP contribution in [-0.4, -0.2) is 5.78 Å². The predicted molar refractivity (Wildman–Crippen MR) is 86.8 cm³/mol. The van der Waals surface area contributed by atoms with E-state index < -0.39 is 0 Å². The number of benzene rings is 2. The van der Waals surface area contributed by atoms with E-state index in [2.05, 4.69) is 19.1 Å². The summed E-state index contributed by atoms with van der Waals surface area (Å²) in [6.07, 6.45) is 4.30. The zero-order valence-electron chi connectivity index (χ0n) is 11.9. The van der Waals surface area contributed by atoms with Crippen LogP contribution in [-0.2, 0) is 10.2 Å². The van der Waals surface area contributed by atoms with Gasteiger partial charge in [-0.2, -0.15) is 0 Å². The van der Waals surface area contributed by atoms with E-state index in [-0.39, 0.29) is 17.1 Å². The molecule has 0 radical (unpaired) electrons. The van der Waals surface area contributed by atoms with Crippen molar-refractivity contribution in [1.82, 2.24) is 0 Å². The van der Waals surface area contributed by atoms with Gasteiger partial charge in [0.15, 0.2) is 5.78 Å². The van der Waals surface area contributed by atoms with E-state index in [0.29, 0.717) is 6.42 Å². The Morgan fingerprint density at radius 1 is 1.05 bits per heavy atom. The summed E-state index contributed by atoms with van der Waals surface area (Å²) in [4.78, 5) is 11.9. The molecule has 106 valence electrons. The van der Waals surface area contributed by atoms with Crippen LogP contribution in [0.4, 0.5) is 0 Å². The Hall–Kier alpha value is -1.86. The van der Waals surface area contributed by atoms with Gasteiger partial charge in [0.1, 0.15) is 0 Å². The van der Waals surface area contributed by atoms with Crippen molar-refractivity contribution in [2.75, 3.05) is 0 Å². The molecule has 0 bridgehead atoms. The fourth-order valence-electron chi connectivity index (χ4n) is 3.12. The highest BCUT2D eigenvalue weighted by Gasteiger charge is 2.38. The quantitative estimate of drug-likeness (QED) is 0.769. The zero-order chi connectivity index (χ0) is 14.9. The minimum atomic E-state index is -0.178. The van der Waals surface area contributed by atoms with Crippen LogP contribution in [0.3, 0.4) is 0 Å². The van der Waals surface area contributed by atoms with E-state index in [9.17, 15) is 4.79 Å². The first-order chi connectivity index (χ1) is 10.1. The number of carbonyl (C=O) groups is 1. The third kappa shape index (κ3) is 2.66. The molecule has 0 saturated carbocycles. The molecule has 1 nitrogen and oxygen atoms in total. The smallest absolute Gasteiger partial charge is 0.156 e. The van der Waals surface area contributed by atoms with Gasteiger partial charge in [-0.05, 0) is 29.3 Å². The molecule has 2 aromatic rings. The zero-order valence-corrected chi connectivity index (χ0v) is 12.7. The van der Waals surface area contributed by atoms with Crippen molar-refractivity contribution < 1.29 is 4.79 Å². The minimum Gasteiger partial charge on any atom is -0.295 e. The number of hydrogen-bond acceptors (Lipinski definition) is 1. The van der Waals surface area contributed by atoms with Crippen molar-refractivity contribution in [3.63, 3.8) is 0 Å². The van der Waals surface area contributed by atoms with Gasteiger partial charge in [-0.15, -0.1) is 0 Å². The van der Waals surface area contributed by atoms with Crippen LogP contribution in [0, 0.1) is 0 Å². The number of carbonyl (C=O) groups excluding carboxylic acids is 1. The van der Waals surface area contributed by atoms with E-state index in [4.69, 9.17) is 11.6 Å². The number of hydrogen-bond donors (Lipinski definition) is 0. The van der Waals surface area contributed by atoms with E-state index >= 15 is 0 Å². The molecule has 0 fully saturated rings. The van der Waals surface area contributed by atoms with Gasteiger partial charge in [0.25, 0.3) is 0 Å². The van der Waals surface area contributed by atoms with Crippen molar-refractivity contribution in [2.24, 2.45) is 0 Å². The summed E-state index contributed by atoms with van der Waals surface area (Å²) in [6.45, 7) is 2.20. The molecule has 0 aliphatic heterocycles. The number of halogens is 1. The summed E-state index contributed by atoms with van der Waals surface area (Å²) < 4.78 is 0. The van der Waals surface area contributed by atoms with Gasteiger partial charge in [-0.1, -0.05) is 67.1 Å². The van der Waals surface area contributed by atoms with Crippen LogP contribution in [0.15, 0.2) is 66.7 Å². The Kier molecular flexibility index (Phi) is 3.69. The third-order valence-electron chi connectivity index (χ3n) is 4.41. The van der Waals surface area contributed by atoms with Crippen LogP contribution < -0.4 is 0 Å². The second-order valence-electron chi connectivity index (χ2n) is 5.76. The lowest BCUT2D eigenvalue weighted by molar-refractivity contribution is -0.115. The lowest BCUT2D eigenvalue weighted by Gasteiger charge is -2.38. The molecule has 3 rings (SSSR count). The van der Waals surface area contributed by atoms with E-state index in [1.807, 2.05) is 48.5 Å². The first-order valence-electron chi connectivity index (χ1n) is 7.12. The van der Waals surface area contributed by atoms with Gasteiger partial charge in [0.2, 0.25) is 0 Å². The highest BCUT2D eigenvalue weighted by Crippen LogP contribution is 2.45. The topological polar surface area (TPSA) is 17.1 Å². The standard InChI is InChI=1S/C19H17ClO/c1-19(15-5-3-2-4-6-15)12-11-17(21)13-18(19)14-7-9-16(20)10-8-14/h2-12,18H,13H2,1H3/t18-,19-/m0/s1. The molecular formula is C19H17ClO. The summed E-state index contributed by atoms with van der Waals surface area (Å²) in [5.41, 5.74) is 2.21. The predicted octanol–water partition coefficient (Wildman–Crippen LogP) is 4.91. The summed E-state index contributed by atoms with van der Waals surface area (Å²) in [5.74, 6) is 0.318. The molecule has 2 atom stereocenters. The molecule has 0 aromatic heterocycles. The van der Waals surface area contributed by atoms with Gasteiger partial charge in [0.05, 0.1) is 0 Å². The van der Waals surface area contributed by atoms with Crippen molar-refractivity contribution in [3.8, 4) is 0 Å². The van der Waals surface area contributed by atoms with Crippen LogP contribution >= 0.6 is 11.6 Å². The molecule has 21 heavy (non-hydrogen) atoms. The third-order valence-corrected chi connectivity index (χ3v) is 4.66. The molecule has 0 spiro atoms. The SMILES string of the molecule is C[C@@]1(c2ccccc2)C=CC(=O)C[C@H]1c1ccc(Cl)cc1. The fourth-order valence-corrected chi connectivity index (χ4v) is 3.24. The average Bonchev–Trinajstić information content (AvgIpc) is 2.52. The van der Waals surface area contributed by atoms with Gasteiger partial charge < -0.3 is 0 Å². The van der Waals surface area contributed by atoms with E-state index in [1.54, 1.807) is 6.08 Å². The summed E-state index contributed by atoms with van der Waals surface area (Å²) in [7, 11) is 0. The van der Waals surface area contributed by atoms with Gasteiger partial charge >= 0.3 is 0 Å². The molecule has 0 heterocycles. The van der Waals surface area contributed by atoms with Crippen LogP contribution in [0.25, 0.3) is 0 Å². The molecule has 2 heteroatoms. The summed E-state index contributed by atoms with van der Waals surface area (Å²) in [6, 6.07) is 18.2. The first kappa shape index (κ1) is 14.1. The molecular weight excluding hydrogens is 280 g/mol. The van der Waals surface area contributed by atoms with E-state index in [1.165, 1.54) is 5.56 Å². The van der Waals surface area contributed by atoms with Crippen LogP contribution in [0.5, 0.6) is 0 Å². The van der Waals surface area contributed by atoms with Gasteiger partial charge in [-0.25, -0.2) is 0 Å². The summed E-state index contributed by atoms with van der Waals surface area (Å²) in [5, 5.41) is 0.720. The number of ketones is 1. The van der Waals surface area contributed by atoms with Crippen LogP contribution in [0.1, 0.15) is 30.4 Å². The Bertz CT molecular complexity index is 672. The Balaban J connectivity index is 2.09. The van der Waals surface area contributed by atoms with E-state index in [0.717, 1.165) is 10.6 Å². The molecule has 0 N–H and O–H groups in total. The Labute approximate surface area is 130 Å². The molecule has 1 aliphatic carbocycles. The molecule has 0 unspecified atom stereocenters. The fraction of sp³-hybridized carbons (Fsp3) is 0.211. The lowest BCUT2D eigenvalue weighted by Crippen LogP contribution is -2.33. The highest BCUT2D eigenvalue weighted by atomic mass is 35.5. The number of allylic oxidation sites excluding steroid dienone is 2. The van der Waals surface area contributed by atoms with Gasteiger partial charge in [0, 0.05) is 22.8 Å². The maximum atomic E-state index is 11.9. The van der Waals surface area contributed by atoms with Crippen molar-refractivity contribution in [2.45, 2.75) is 24.7 Å². The largest absolute Gasteiger partial charge is 0.295 e. The Morgan fingerprint density at radius 2 is 1.71 bits per heavy atom. The molecule has 0 saturated heterocycles. The van der Waals surface area contributed by atoms with Crippen molar-refractivity contribution in [3.05, 3.63) is 82.9 Å². The molecule has 1 aliphatic rings. The van der Waals surface area contributed by atoms with Crippen LogP contribution in [0.2, 0.25) is 5.02 Å². The average molecular weight is 297 g/mol. The maximum absolute atomic E-state index is 11.9. The van der Waals surface area contributed by atoms with Crippen molar-refractivity contribution >= 4 is 17.4 Å². The molecule has 2 aromatic carbocycles. The number of rotatable bonds is 2. The minimum absolute atomic E-state index is 0.134. The first-order valence-corrected chi connectivity index (χ1v) is 7.50. The Morgan fingerprint density at radius 3 is 2.38 bits per heavy atom. The monoisotopic (exact) mass is 296 g/mol. The maximum Gasteiger partial charge on any atom is 0.156 e. The van der Waals surface area contributed by atoms with Gasteiger partial charge in [-0.3, -0.25) is 4.79 Å². The lowest BCUT2D eigenvalue weighted by atomic mass is 9.64. The normalized spacial score (nSPS) is 25.0.